The molecular weight excluding hydrogens is 484 g/mol. The van der Waals surface area contributed by atoms with Gasteiger partial charge in [0.05, 0.1) is 11.3 Å². The molecule has 3 rings (SSSR count). The molecule has 10 heteroatoms. The minimum Gasteiger partial charge on any atom is -0.481 e. The fourth-order valence-corrected chi connectivity index (χ4v) is 6.17. The van der Waals surface area contributed by atoms with E-state index < -0.39 is 5.97 Å². The standard InChI is InChI=1S/C25H32N4O4S2/c1-5-6-8-28-22(27-13-15(2)10-16(3)14-27)18(17(4)19(12-26)23(28)32)11-20-24(33)29(25(34)35-20)9-7-21(30)31/h11,15-16H,5-10,13-14H2,1-4H3,(H,30,31). The van der Waals surface area contributed by atoms with Crippen LogP contribution >= 0.6 is 24.0 Å². The Kier molecular flexibility index (Phi) is 8.78. The van der Waals surface area contributed by atoms with Gasteiger partial charge in [-0.2, -0.15) is 5.26 Å². The van der Waals surface area contributed by atoms with Gasteiger partial charge in [-0.05, 0) is 43.2 Å². The highest BCUT2D eigenvalue weighted by Gasteiger charge is 2.34. The molecule has 35 heavy (non-hydrogen) atoms. The number of pyridine rings is 1. The number of aliphatic carboxylic acids is 1. The zero-order chi connectivity index (χ0) is 25.9. The maximum atomic E-state index is 13.4. The minimum atomic E-state index is -1.00. The molecule has 2 unspecified atom stereocenters. The number of thiocarbonyl (C=S) groups is 1. The van der Waals surface area contributed by atoms with E-state index in [1.165, 1.54) is 4.90 Å². The van der Waals surface area contributed by atoms with Crippen molar-refractivity contribution in [2.75, 3.05) is 24.5 Å². The maximum Gasteiger partial charge on any atom is 0.305 e. The molecule has 2 aliphatic heterocycles. The lowest BCUT2D eigenvalue weighted by Crippen LogP contribution is -2.43. The van der Waals surface area contributed by atoms with Crippen LogP contribution in [0.25, 0.3) is 6.08 Å². The molecule has 2 atom stereocenters. The van der Waals surface area contributed by atoms with Crippen molar-refractivity contribution in [3.05, 3.63) is 31.9 Å². The van der Waals surface area contributed by atoms with E-state index in [9.17, 15) is 19.6 Å². The number of amides is 1. The van der Waals surface area contributed by atoms with Gasteiger partial charge in [0.2, 0.25) is 0 Å². The molecule has 2 aliphatic rings. The number of aromatic nitrogens is 1. The maximum absolute atomic E-state index is 13.4. The van der Waals surface area contributed by atoms with Crippen LogP contribution in [0.15, 0.2) is 9.70 Å². The highest BCUT2D eigenvalue weighted by molar-refractivity contribution is 8.26. The second-order valence-corrected chi connectivity index (χ2v) is 11.2. The Labute approximate surface area is 215 Å². The normalized spacial score (nSPS) is 21.6. The fourth-order valence-electron chi connectivity index (χ4n) is 4.88. The van der Waals surface area contributed by atoms with Crippen molar-refractivity contribution >= 4 is 52.1 Å². The third-order valence-electron chi connectivity index (χ3n) is 6.45. The van der Waals surface area contributed by atoms with Gasteiger partial charge in [0.1, 0.15) is 21.8 Å². The summed E-state index contributed by atoms with van der Waals surface area (Å²) in [5.41, 5.74) is 1.00. The van der Waals surface area contributed by atoms with Gasteiger partial charge in [-0.3, -0.25) is 23.9 Å². The van der Waals surface area contributed by atoms with Crippen LogP contribution in [0, 0.1) is 30.1 Å². The second-order valence-electron chi connectivity index (χ2n) is 9.49. The lowest BCUT2D eigenvalue weighted by atomic mass is 9.91. The van der Waals surface area contributed by atoms with Gasteiger partial charge in [-0.15, -0.1) is 0 Å². The molecule has 1 aromatic heterocycles. The number of carbonyl (C=O) groups is 2. The molecule has 0 saturated carbocycles. The molecule has 0 radical (unpaired) electrons. The molecule has 8 nitrogen and oxygen atoms in total. The molecule has 2 saturated heterocycles. The predicted octanol–water partition coefficient (Wildman–Crippen LogP) is 3.99. The lowest BCUT2D eigenvalue weighted by molar-refractivity contribution is -0.137. The summed E-state index contributed by atoms with van der Waals surface area (Å²) in [5, 5.41) is 18.8. The molecule has 2 fully saturated rings. The lowest BCUT2D eigenvalue weighted by Gasteiger charge is -2.39. The summed E-state index contributed by atoms with van der Waals surface area (Å²) in [6, 6.07) is 2.08. The first-order valence-corrected chi connectivity index (χ1v) is 13.2. The molecule has 1 N–H and O–H groups in total. The smallest absolute Gasteiger partial charge is 0.305 e. The summed E-state index contributed by atoms with van der Waals surface area (Å²) in [6.07, 6.45) is 4.32. The average Bonchev–Trinajstić information content (AvgIpc) is 3.05. The topological polar surface area (TPSA) is 107 Å². The van der Waals surface area contributed by atoms with E-state index in [-0.39, 0.29) is 30.0 Å². The number of anilines is 1. The monoisotopic (exact) mass is 516 g/mol. The van der Waals surface area contributed by atoms with Gasteiger partial charge >= 0.3 is 5.97 Å². The number of nitrogens with zero attached hydrogens (tertiary/aromatic N) is 4. The Bertz CT molecular complexity index is 1160. The summed E-state index contributed by atoms with van der Waals surface area (Å²) in [7, 11) is 0. The number of piperidine rings is 1. The van der Waals surface area contributed by atoms with Crippen molar-refractivity contribution < 1.29 is 14.7 Å². The number of carboxylic acid groups (broad SMARTS) is 1. The Morgan fingerprint density at radius 1 is 1.26 bits per heavy atom. The van der Waals surface area contributed by atoms with Crippen molar-refractivity contribution in [2.45, 2.75) is 59.9 Å². The van der Waals surface area contributed by atoms with Gasteiger partial charge in [-0.1, -0.05) is 51.2 Å². The van der Waals surface area contributed by atoms with E-state index in [0.29, 0.717) is 38.7 Å². The van der Waals surface area contributed by atoms with Gasteiger partial charge < -0.3 is 10.0 Å². The number of unbranched alkanes of at least 4 members (excludes halogenated alkanes) is 1. The van der Waals surface area contributed by atoms with E-state index in [2.05, 4.69) is 31.7 Å². The summed E-state index contributed by atoms with van der Waals surface area (Å²) in [6.45, 7) is 10.2. The number of carboxylic acids is 1. The third kappa shape index (κ3) is 5.78. The SMILES string of the molecule is CCCCn1c(N2CC(C)CC(C)C2)c(C=C2SC(=S)N(CCC(=O)O)C2=O)c(C)c(C#N)c1=O. The highest BCUT2D eigenvalue weighted by atomic mass is 32.2. The number of thioether (sulfide) groups is 1. The number of hydrogen-bond acceptors (Lipinski definition) is 7. The largest absolute Gasteiger partial charge is 0.481 e. The first kappa shape index (κ1) is 27.0. The summed E-state index contributed by atoms with van der Waals surface area (Å²) in [4.78, 5) is 41.4. The molecular formula is C25H32N4O4S2. The van der Waals surface area contributed by atoms with Gasteiger partial charge in [0.15, 0.2) is 0 Å². The molecule has 188 valence electrons. The number of hydrogen-bond donors (Lipinski definition) is 1. The Hall–Kier alpha value is -2.64. The van der Waals surface area contributed by atoms with E-state index in [0.717, 1.165) is 49.9 Å². The third-order valence-corrected chi connectivity index (χ3v) is 7.83. The van der Waals surface area contributed by atoms with Crippen molar-refractivity contribution in [1.82, 2.24) is 9.47 Å². The van der Waals surface area contributed by atoms with Crippen LogP contribution in [0.5, 0.6) is 0 Å². The Balaban J connectivity index is 2.20. The van der Waals surface area contributed by atoms with Gasteiger partial charge in [0.25, 0.3) is 11.5 Å². The molecule has 0 bridgehead atoms. The van der Waals surface area contributed by atoms with Crippen molar-refractivity contribution in [2.24, 2.45) is 11.8 Å². The first-order valence-electron chi connectivity index (χ1n) is 12.0. The zero-order valence-corrected chi connectivity index (χ0v) is 22.3. The molecule has 0 spiro atoms. The van der Waals surface area contributed by atoms with Gasteiger partial charge in [-0.25, -0.2) is 0 Å². The van der Waals surface area contributed by atoms with Crippen LogP contribution in [0.2, 0.25) is 0 Å². The zero-order valence-electron chi connectivity index (χ0n) is 20.7. The molecule has 0 aliphatic carbocycles. The van der Waals surface area contributed by atoms with Crippen LogP contribution in [0.4, 0.5) is 5.82 Å². The summed E-state index contributed by atoms with van der Waals surface area (Å²) in [5.74, 6) is 0.264. The van der Waals surface area contributed by atoms with E-state index in [4.69, 9.17) is 17.3 Å². The highest BCUT2D eigenvalue weighted by Crippen LogP contribution is 2.37. The quantitative estimate of drug-likeness (QED) is 0.408. The first-order chi connectivity index (χ1) is 16.6. The molecule has 1 amide bonds. The number of carbonyl (C=O) groups excluding carboxylic acids is 1. The van der Waals surface area contributed by atoms with E-state index >= 15 is 0 Å². The van der Waals surface area contributed by atoms with Crippen LogP contribution in [0.1, 0.15) is 63.1 Å². The van der Waals surface area contributed by atoms with Crippen molar-refractivity contribution in [1.29, 1.82) is 5.26 Å². The van der Waals surface area contributed by atoms with Crippen LogP contribution in [-0.4, -0.2) is 50.4 Å². The number of nitriles is 1. The van der Waals surface area contributed by atoms with Crippen LogP contribution in [0.3, 0.4) is 0 Å². The second kappa shape index (κ2) is 11.4. The van der Waals surface area contributed by atoms with E-state index in [1.54, 1.807) is 17.6 Å². The van der Waals surface area contributed by atoms with Gasteiger partial charge in [0, 0.05) is 31.7 Å². The van der Waals surface area contributed by atoms with Crippen molar-refractivity contribution in [3.8, 4) is 6.07 Å². The van der Waals surface area contributed by atoms with E-state index in [1.807, 2.05) is 0 Å². The summed E-state index contributed by atoms with van der Waals surface area (Å²) < 4.78 is 2.01. The number of rotatable bonds is 8. The molecule has 1 aromatic rings. The van der Waals surface area contributed by atoms with Crippen molar-refractivity contribution in [3.63, 3.8) is 0 Å². The molecule has 0 aromatic carbocycles. The minimum absolute atomic E-state index is 0.00375. The van der Waals surface area contributed by atoms with Crippen LogP contribution < -0.4 is 10.5 Å². The fraction of sp³-hybridized carbons (Fsp3) is 0.560. The Morgan fingerprint density at radius 2 is 1.91 bits per heavy atom. The molecule has 3 heterocycles. The predicted molar refractivity (Wildman–Crippen MR) is 142 cm³/mol. The average molecular weight is 517 g/mol. The summed E-state index contributed by atoms with van der Waals surface area (Å²) >= 11 is 6.48. The Morgan fingerprint density at radius 3 is 2.49 bits per heavy atom. The van der Waals surface area contributed by atoms with Crippen LogP contribution in [-0.2, 0) is 16.1 Å².